The molecule has 0 amide bonds. The lowest BCUT2D eigenvalue weighted by atomic mass is 10.2. The summed E-state index contributed by atoms with van der Waals surface area (Å²) in [5, 5.41) is 5.30. The number of benzene rings is 2. The van der Waals surface area contributed by atoms with Gasteiger partial charge in [-0.15, -0.1) is 0 Å². The highest BCUT2D eigenvalue weighted by Gasteiger charge is 2.15. The van der Waals surface area contributed by atoms with Crippen LogP contribution >= 0.6 is 11.6 Å². The van der Waals surface area contributed by atoms with Gasteiger partial charge >= 0.3 is 5.69 Å². The molecule has 0 aliphatic heterocycles. The van der Waals surface area contributed by atoms with E-state index < -0.39 is 0 Å². The number of aromatic nitrogens is 3. The van der Waals surface area contributed by atoms with Crippen LogP contribution in [0.4, 0.5) is 0 Å². The number of nitrogens with one attached hydrogen (secondary N) is 1. The van der Waals surface area contributed by atoms with E-state index in [9.17, 15) is 4.79 Å². The molecule has 4 aromatic rings. The van der Waals surface area contributed by atoms with Gasteiger partial charge in [0.2, 0.25) is 0 Å². The zero-order valence-corrected chi connectivity index (χ0v) is 12.9. The van der Waals surface area contributed by atoms with Crippen LogP contribution in [0.25, 0.3) is 27.8 Å². The van der Waals surface area contributed by atoms with Crippen LogP contribution in [0.2, 0.25) is 5.02 Å². The number of hydrogen-bond acceptors (Lipinski definition) is 3. The van der Waals surface area contributed by atoms with Crippen LogP contribution in [-0.2, 0) is 0 Å². The Morgan fingerprint density at radius 3 is 2.77 bits per heavy atom. The van der Waals surface area contributed by atoms with E-state index in [1.54, 1.807) is 18.2 Å². The first-order valence-corrected chi connectivity index (χ1v) is 7.37. The van der Waals surface area contributed by atoms with Crippen LogP contribution in [0.15, 0.2) is 51.8 Å². The monoisotopic (exact) mass is 315 g/mol. The Bertz CT molecular complexity index is 997. The summed E-state index contributed by atoms with van der Waals surface area (Å²) in [5.41, 5.74) is 1.80. The summed E-state index contributed by atoms with van der Waals surface area (Å²) in [6.07, 6.45) is 0. The molecule has 6 heteroatoms. The standard InChI is InChI=1S/C14H8ClN3O2.C2H6/c15-8-5-6-9-12(7-8)20-17-13(9)18-11-4-2-1-3-10(11)16-14(18)19;1-2/h1-7H,(H,16,19);1-2H3. The highest BCUT2D eigenvalue weighted by atomic mass is 35.5. The molecule has 0 spiro atoms. The van der Waals surface area contributed by atoms with E-state index >= 15 is 0 Å². The second-order valence-electron chi connectivity index (χ2n) is 4.43. The van der Waals surface area contributed by atoms with Gasteiger partial charge in [-0.3, -0.25) is 0 Å². The molecule has 0 fully saturated rings. The molecule has 0 bridgehead atoms. The SMILES string of the molecule is CC.O=c1[nH]c2ccccc2n1-c1noc2cc(Cl)ccc12. The number of hydrogen-bond donors (Lipinski definition) is 1. The molecule has 1 N–H and O–H groups in total. The quantitative estimate of drug-likeness (QED) is 0.574. The largest absolute Gasteiger partial charge is 0.354 e. The van der Waals surface area contributed by atoms with Crippen LogP contribution in [0.3, 0.4) is 0 Å². The third-order valence-corrected chi connectivity index (χ3v) is 3.45. The summed E-state index contributed by atoms with van der Waals surface area (Å²) in [4.78, 5) is 14.9. The zero-order chi connectivity index (χ0) is 15.7. The molecule has 22 heavy (non-hydrogen) atoms. The Morgan fingerprint density at radius 2 is 1.95 bits per heavy atom. The molecule has 2 aromatic carbocycles. The third-order valence-electron chi connectivity index (χ3n) is 3.22. The highest BCUT2D eigenvalue weighted by molar-refractivity contribution is 6.31. The minimum atomic E-state index is -0.253. The number of fused-ring (bicyclic) bond motifs is 2. The molecule has 0 atom stereocenters. The summed E-state index contributed by atoms with van der Waals surface area (Å²) in [5.74, 6) is 0.458. The lowest BCUT2D eigenvalue weighted by Gasteiger charge is -1.98. The molecule has 0 saturated heterocycles. The number of H-pyrrole nitrogens is 1. The van der Waals surface area contributed by atoms with E-state index in [1.165, 1.54) is 4.57 Å². The van der Waals surface area contributed by atoms with Gasteiger partial charge < -0.3 is 9.51 Å². The predicted molar refractivity (Wildman–Crippen MR) is 87.8 cm³/mol. The van der Waals surface area contributed by atoms with E-state index in [0.29, 0.717) is 16.4 Å². The fourth-order valence-electron chi connectivity index (χ4n) is 2.32. The van der Waals surface area contributed by atoms with Crippen LogP contribution in [-0.4, -0.2) is 14.7 Å². The van der Waals surface area contributed by atoms with Crippen molar-refractivity contribution in [3.63, 3.8) is 0 Å². The smallest absolute Gasteiger partial charge is 0.332 e. The molecular weight excluding hydrogens is 302 g/mol. The van der Waals surface area contributed by atoms with Crippen LogP contribution in [0.1, 0.15) is 13.8 Å². The predicted octanol–water partition coefficient (Wildman–Crippen LogP) is 4.14. The Kier molecular flexibility index (Phi) is 3.73. The summed E-state index contributed by atoms with van der Waals surface area (Å²) < 4.78 is 6.74. The molecule has 0 saturated carbocycles. The Hall–Kier alpha value is -2.53. The second kappa shape index (κ2) is 5.69. The topological polar surface area (TPSA) is 63.8 Å². The van der Waals surface area contributed by atoms with Crippen molar-refractivity contribution in [1.29, 1.82) is 0 Å². The van der Waals surface area contributed by atoms with E-state index in [-0.39, 0.29) is 5.69 Å². The van der Waals surface area contributed by atoms with Gasteiger partial charge in [0.25, 0.3) is 0 Å². The van der Waals surface area contributed by atoms with Gasteiger partial charge in [-0.2, -0.15) is 0 Å². The molecule has 0 aliphatic carbocycles. The molecule has 112 valence electrons. The van der Waals surface area contributed by atoms with Gasteiger partial charge in [0.15, 0.2) is 11.4 Å². The van der Waals surface area contributed by atoms with Crippen LogP contribution in [0.5, 0.6) is 0 Å². The van der Waals surface area contributed by atoms with Gasteiger partial charge in [0.1, 0.15) is 0 Å². The number of halogens is 1. The van der Waals surface area contributed by atoms with Crippen LogP contribution in [0, 0.1) is 0 Å². The molecule has 2 heterocycles. The molecule has 0 aliphatic rings. The van der Waals surface area contributed by atoms with Gasteiger partial charge in [0, 0.05) is 11.1 Å². The van der Waals surface area contributed by atoms with Crippen molar-refractivity contribution in [3.8, 4) is 5.82 Å². The van der Waals surface area contributed by atoms with E-state index in [0.717, 1.165) is 16.4 Å². The van der Waals surface area contributed by atoms with Gasteiger partial charge in [-0.1, -0.05) is 42.7 Å². The summed E-state index contributed by atoms with van der Waals surface area (Å²) in [7, 11) is 0. The van der Waals surface area contributed by atoms with E-state index in [2.05, 4.69) is 10.1 Å². The zero-order valence-electron chi connectivity index (χ0n) is 12.1. The van der Waals surface area contributed by atoms with Gasteiger partial charge in [0.05, 0.1) is 16.4 Å². The summed E-state index contributed by atoms with van der Waals surface area (Å²) >= 11 is 5.92. The van der Waals surface area contributed by atoms with Gasteiger partial charge in [-0.25, -0.2) is 9.36 Å². The summed E-state index contributed by atoms with van der Waals surface area (Å²) in [6.45, 7) is 4.00. The first-order valence-electron chi connectivity index (χ1n) is 6.99. The van der Waals surface area contributed by atoms with E-state index in [4.69, 9.17) is 16.1 Å². The minimum Gasteiger partial charge on any atom is -0.354 e. The fraction of sp³-hybridized carbons (Fsp3) is 0.125. The molecule has 5 nitrogen and oxygen atoms in total. The van der Waals surface area contributed by atoms with Crippen LogP contribution < -0.4 is 5.69 Å². The number of nitrogens with zero attached hydrogens (tertiary/aromatic N) is 2. The van der Waals surface area contributed by atoms with Gasteiger partial charge in [-0.05, 0) is 24.3 Å². The minimum absolute atomic E-state index is 0.253. The van der Waals surface area contributed by atoms with Crippen molar-refractivity contribution in [2.75, 3.05) is 0 Å². The Labute approximate surface area is 131 Å². The number of para-hydroxylation sites is 2. The first-order chi connectivity index (χ1) is 10.7. The molecule has 2 aromatic heterocycles. The molecule has 0 radical (unpaired) electrons. The lowest BCUT2D eigenvalue weighted by molar-refractivity contribution is 0.452. The van der Waals surface area contributed by atoms with Crippen molar-refractivity contribution in [3.05, 3.63) is 58.0 Å². The third kappa shape index (κ3) is 2.19. The molecule has 4 rings (SSSR count). The van der Waals surface area contributed by atoms with Crippen molar-refractivity contribution in [2.45, 2.75) is 13.8 Å². The number of imidazole rings is 1. The normalized spacial score (nSPS) is 10.7. The highest BCUT2D eigenvalue weighted by Crippen LogP contribution is 2.25. The number of aromatic amines is 1. The second-order valence-corrected chi connectivity index (χ2v) is 4.87. The lowest BCUT2D eigenvalue weighted by Crippen LogP contribution is -2.15. The average Bonchev–Trinajstić information content (AvgIpc) is 3.08. The maximum atomic E-state index is 12.1. The molecular formula is C16H14ClN3O2. The Balaban J connectivity index is 0.000000693. The summed E-state index contributed by atoms with van der Waals surface area (Å²) in [6, 6.07) is 12.6. The van der Waals surface area contributed by atoms with Crippen molar-refractivity contribution in [2.24, 2.45) is 0 Å². The van der Waals surface area contributed by atoms with E-state index in [1.807, 2.05) is 38.1 Å². The molecule has 0 unspecified atom stereocenters. The fourth-order valence-corrected chi connectivity index (χ4v) is 2.49. The number of rotatable bonds is 1. The average molecular weight is 316 g/mol. The maximum absolute atomic E-state index is 12.1. The Morgan fingerprint density at radius 1 is 1.18 bits per heavy atom. The van der Waals surface area contributed by atoms with Crippen molar-refractivity contribution < 1.29 is 4.52 Å². The van der Waals surface area contributed by atoms with Crippen molar-refractivity contribution in [1.82, 2.24) is 14.7 Å². The van der Waals surface area contributed by atoms with Crippen molar-refractivity contribution >= 4 is 33.6 Å². The maximum Gasteiger partial charge on any atom is 0.332 e. The first kappa shape index (κ1) is 14.4.